The molecule has 0 spiro atoms. The van der Waals surface area contributed by atoms with Crippen molar-refractivity contribution in [3.63, 3.8) is 0 Å². The van der Waals surface area contributed by atoms with Gasteiger partial charge in [-0.1, -0.05) is 6.92 Å². The maximum absolute atomic E-state index is 12.3. The van der Waals surface area contributed by atoms with Gasteiger partial charge in [-0.05, 0) is 18.9 Å². The van der Waals surface area contributed by atoms with E-state index < -0.39 is 0 Å². The van der Waals surface area contributed by atoms with Crippen LogP contribution < -0.4 is 0 Å². The molecule has 0 aromatic carbocycles. The van der Waals surface area contributed by atoms with Crippen LogP contribution in [0.3, 0.4) is 0 Å². The summed E-state index contributed by atoms with van der Waals surface area (Å²) < 4.78 is 5.73. The number of fused-ring (bicyclic) bond motifs is 1. The van der Waals surface area contributed by atoms with Gasteiger partial charge in [-0.3, -0.25) is 4.79 Å². The normalized spacial score (nSPS) is 20.8. The van der Waals surface area contributed by atoms with E-state index in [1.54, 1.807) is 0 Å². The minimum atomic E-state index is -0.270. The molecule has 3 rings (SSSR count). The number of carbonyl (C=O) groups excluding carboxylic acids is 1. The molecule has 0 radical (unpaired) electrons. The second-order valence-corrected chi connectivity index (χ2v) is 4.85. The Labute approximate surface area is 111 Å². The van der Waals surface area contributed by atoms with E-state index in [0.29, 0.717) is 6.42 Å². The zero-order chi connectivity index (χ0) is 13.2. The summed E-state index contributed by atoms with van der Waals surface area (Å²) >= 11 is 0. The Morgan fingerprint density at radius 3 is 3.21 bits per heavy atom. The van der Waals surface area contributed by atoms with Crippen molar-refractivity contribution in [2.24, 2.45) is 0 Å². The lowest BCUT2D eigenvalue weighted by Gasteiger charge is -2.21. The quantitative estimate of drug-likeness (QED) is 0.914. The van der Waals surface area contributed by atoms with Crippen molar-refractivity contribution < 1.29 is 9.53 Å². The minimum Gasteiger partial charge on any atom is -0.377 e. The topological polar surface area (TPSA) is 67.9 Å². The SMILES string of the molecule is CCC(=O)C(c1ncnc2[nH]ccc12)C1CCCO1. The molecule has 1 N–H and O–H groups in total. The van der Waals surface area contributed by atoms with Crippen LogP contribution in [0.2, 0.25) is 0 Å². The minimum absolute atomic E-state index is 0.0413. The zero-order valence-corrected chi connectivity index (χ0v) is 10.9. The molecular formula is C14H17N3O2. The van der Waals surface area contributed by atoms with Crippen molar-refractivity contribution >= 4 is 16.8 Å². The standard InChI is InChI=1S/C14H17N3O2/c1-2-10(18)12(11-4-3-7-19-11)13-9-5-6-15-14(9)17-8-16-13/h5-6,8,11-12H,2-4,7H2,1H3,(H,15,16,17). The number of hydrogen-bond acceptors (Lipinski definition) is 4. The van der Waals surface area contributed by atoms with E-state index >= 15 is 0 Å². The number of hydrogen-bond donors (Lipinski definition) is 1. The van der Waals surface area contributed by atoms with Gasteiger partial charge in [0.25, 0.3) is 0 Å². The summed E-state index contributed by atoms with van der Waals surface area (Å²) in [6.07, 6.45) is 5.73. The molecule has 2 aromatic heterocycles. The van der Waals surface area contributed by atoms with Crippen molar-refractivity contribution in [3.05, 3.63) is 24.3 Å². The van der Waals surface area contributed by atoms with E-state index in [-0.39, 0.29) is 17.8 Å². The van der Waals surface area contributed by atoms with Gasteiger partial charge < -0.3 is 9.72 Å². The lowest BCUT2D eigenvalue weighted by Crippen LogP contribution is -2.26. The van der Waals surface area contributed by atoms with E-state index in [1.165, 1.54) is 6.33 Å². The van der Waals surface area contributed by atoms with E-state index in [4.69, 9.17) is 4.74 Å². The molecule has 2 aromatic rings. The van der Waals surface area contributed by atoms with Crippen LogP contribution in [-0.4, -0.2) is 33.4 Å². The average Bonchev–Trinajstić information content (AvgIpc) is 3.09. The third kappa shape index (κ3) is 2.14. The van der Waals surface area contributed by atoms with Crippen LogP contribution in [0.15, 0.2) is 18.6 Å². The monoisotopic (exact) mass is 259 g/mol. The number of ether oxygens (including phenoxy) is 1. The highest BCUT2D eigenvalue weighted by Crippen LogP contribution is 2.32. The van der Waals surface area contributed by atoms with Crippen molar-refractivity contribution in [1.29, 1.82) is 0 Å². The molecule has 0 saturated carbocycles. The Kier molecular flexibility index (Phi) is 3.29. The molecule has 3 heterocycles. The number of carbonyl (C=O) groups is 1. The third-order valence-electron chi connectivity index (χ3n) is 3.71. The summed E-state index contributed by atoms with van der Waals surface area (Å²) in [4.78, 5) is 23.9. The Morgan fingerprint density at radius 1 is 1.58 bits per heavy atom. The summed E-state index contributed by atoms with van der Waals surface area (Å²) in [6.45, 7) is 2.62. The molecule has 1 fully saturated rings. The smallest absolute Gasteiger partial charge is 0.144 e. The van der Waals surface area contributed by atoms with Gasteiger partial charge in [0.1, 0.15) is 17.8 Å². The second-order valence-electron chi connectivity index (χ2n) is 4.85. The van der Waals surface area contributed by atoms with Gasteiger partial charge in [0.15, 0.2) is 0 Å². The van der Waals surface area contributed by atoms with Crippen LogP contribution in [0.4, 0.5) is 0 Å². The van der Waals surface area contributed by atoms with Gasteiger partial charge in [0.2, 0.25) is 0 Å². The number of rotatable bonds is 4. The molecule has 0 aliphatic carbocycles. The fraction of sp³-hybridized carbons (Fsp3) is 0.500. The van der Waals surface area contributed by atoms with Crippen LogP contribution in [0, 0.1) is 0 Å². The predicted molar refractivity (Wildman–Crippen MR) is 70.9 cm³/mol. The Bertz CT molecular complexity index is 587. The largest absolute Gasteiger partial charge is 0.377 e. The molecule has 1 aliphatic rings. The molecule has 19 heavy (non-hydrogen) atoms. The number of Topliss-reactive ketones (excluding diaryl/α,β-unsaturated/α-hetero) is 1. The maximum Gasteiger partial charge on any atom is 0.144 e. The summed E-state index contributed by atoms with van der Waals surface area (Å²) in [5.41, 5.74) is 1.57. The number of ketones is 1. The highest BCUT2D eigenvalue weighted by atomic mass is 16.5. The molecule has 0 amide bonds. The maximum atomic E-state index is 12.3. The zero-order valence-electron chi connectivity index (χ0n) is 10.9. The first-order chi connectivity index (χ1) is 9.31. The first kappa shape index (κ1) is 12.3. The molecule has 5 nitrogen and oxygen atoms in total. The van der Waals surface area contributed by atoms with Crippen molar-refractivity contribution in [2.45, 2.75) is 38.2 Å². The lowest BCUT2D eigenvalue weighted by atomic mass is 9.89. The van der Waals surface area contributed by atoms with E-state index in [0.717, 1.165) is 36.2 Å². The first-order valence-corrected chi connectivity index (χ1v) is 6.73. The molecule has 100 valence electrons. The molecule has 2 unspecified atom stereocenters. The summed E-state index contributed by atoms with van der Waals surface area (Å²) in [7, 11) is 0. The van der Waals surface area contributed by atoms with Crippen molar-refractivity contribution in [1.82, 2.24) is 15.0 Å². The summed E-state index contributed by atoms with van der Waals surface area (Å²) in [5.74, 6) is -0.0816. The van der Waals surface area contributed by atoms with E-state index in [1.807, 2.05) is 19.2 Å². The van der Waals surface area contributed by atoms with Crippen LogP contribution in [0.5, 0.6) is 0 Å². The summed E-state index contributed by atoms with van der Waals surface area (Å²) in [5, 5.41) is 0.921. The van der Waals surface area contributed by atoms with Gasteiger partial charge in [-0.2, -0.15) is 0 Å². The number of nitrogens with zero attached hydrogens (tertiary/aromatic N) is 2. The molecule has 2 atom stereocenters. The number of aromatic amines is 1. The highest BCUT2D eigenvalue weighted by molar-refractivity contribution is 5.91. The van der Waals surface area contributed by atoms with E-state index in [2.05, 4.69) is 15.0 Å². The average molecular weight is 259 g/mol. The van der Waals surface area contributed by atoms with Gasteiger partial charge in [0, 0.05) is 24.6 Å². The fourth-order valence-electron chi connectivity index (χ4n) is 2.76. The molecule has 1 aliphatic heterocycles. The van der Waals surface area contributed by atoms with Crippen molar-refractivity contribution in [2.75, 3.05) is 6.61 Å². The fourth-order valence-corrected chi connectivity index (χ4v) is 2.76. The van der Waals surface area contributed by atoms with Crippen LogP contribution in [0.1, 0.15) is 37.8 Å². The Morgan fingerprint density at radius 2 is 2.47 bits per heavy atom. The number of aromatic nitrogens is 3. The predicted octanol–water partition coefficient (Wildman–Crippen LogP) is 2.20. The van der Waals surface area contributed by atoms with Gasteiger partial charge in [-0.15, -0.1) is 0 Å². The van der Waals surface area contributed by atoms with Crippen LogP contribution in [0.25, 0.3) is 11.0 Å². The van der Waals surface area contributed by atoms with Crippen LogP contribution >= 0.6 is 0 Å². The van der Waals surface area contributed by atoms with Gasteiger partial charge in [-0.25, -0.2) is 9.97 Å². The molecule has 5 heteroatoms. The number of nitrogens with one attached hydrogen (secondary N) is 1. The summed E-state index contributed by atoms with van der Waals surface area (Å²) in [6, 6.07) is 1.93. The second kappa shape index (κ2) is 5.09. The Balaban J connectivity index is 2.07. The van der Waals surface area contributed by atoms with Crippen molar-refractivity contribution in [3.8, 4) is 0 Å². The van der Waals surface area contributed by atoms with E-state index in [9.17, 15) is 4.79 Å². The number of H-pyrrole nitrogens is 1. The van der Waals surface area contributed by atoms with Gasteiger partial charge in [0.05, 0.1) is 17.7 Å². The van der Waals surface area contributed by atoms with Gasteiger partial charge >= 0.3 is 0 Å². The molecule has 0 bridgehead atoms. The molecule has 1 saturated heterocycles. The first-order valence-electron chi connectivity index (χ1n) is 6.73. The Hall–Kier alpha value is -1.75. The lowest BCUT2D eigenvalue weighted by molar-refractivity contribution is -0.123. The molecular weight excluding hydrogens is 242 g/mol. The van der Waals surface area contributed by atoms with Crippen LogP contribution in [-0.2, 0) is 9.53 Å². The highest BCUT2D eigenvalue weighted by Gasteiger charge is 2.34. The third-order valence-corrected chi connectivity index (χ3v) is 3.71.